The van der Waals surface area contributed by atoms with Gasteiger partial charge in [0.2, 0.25) is 0 Å². The molecule has 0 fully saturated rings. The summed E-state index contributed by atoms with van der Waals surface area (Å²) < 4.78 is 12.7. The summed E-state index contributed by atoms with van der Waals surface area (Å²) in [5.74, 6) is 2.84. The first-order chi connectivity index (χ1) is 27.4. The number of rotatable bonds is 7. The third-order valence-corrected chi connectivity index (χ3v) is 11.1. The second-order valence-electron chi connectivity index (χ2n) is 19.0. The molecule has 0 bridgehead atoms. The molecular formula is C52H53N5OPt-2. The van der Waals surface area contributed by atoms with Crippen molar-refractivity contribution >= 4 is 21.8 Å². The van der Waals surface area contributed by atoms with Crippen LogP contribution in [-0.2, 0) is 42.7 Å². The van der Waals surface area contributed by atoms with Gasteiger partial charge >= 0.3 is 0 Å². The topological polar surface area (TPSA) is 48.8 Å². The van der Waals surface area contributed by atoms with E-state index in [4.69, 9.17) is 14.8 Å². The maximum atomic E-state index is 6.60. The fourth-order valence-electron chi connectivity index (χ4n) is 7.54. The molecule has 0 saturated heterocycles. The Morgan fingerprint density at radius 2 is 1.24 bits per heavy atom. The summed E-state index contributed by atoms with van der Waals surface area (Å²) in [6.07, 6.45) is 5.48. The van der Waals surface area contributed by atoms with Gasteiger partial charge in [0.25, 0.3) is 6.33 Å². The third-order valence-electron chi connectivity index (χ3n) is 11.1. The van der Waals surface area contributed by atoms with Crippen LogP contribution in [0, 0.1) is 18.5 Å². The molecule has 0 spiro atoms. The fourth-order valence-corrected chi connectivity index (χ4v) is 7.54. The van der Waals surface area contributed by atoms with Crippen LogP contribution in [-0.4, -0.2) is 19.2 Å². The Labute approximate surface area is 364 Å². The Kier molecular flexibility index (Phi) is 10.9. The Balaban J connectivity index is 0.00000528. The molecule has 3 aromatic heterocycles. The van der Waals surface area contributed by atoms with E-state index in [2.05, 4.69) is 190 Å². The van der Waals surface area contributed by atoms with Gasteiger partial charge in [0.05, 0.1) is 5.69 Å². The van der Waals surface area contributed by atoms with Crippen LogP contribution in [0.2, 0.25) is 0 Å². The Bertz CT molecular complexity index is 2760. The molecule has 0 amide bonds. The van der Waals surface area contributed by atoms with Gasteiger partial charge in [0, 0.05) is 55.1 Å². The maximum absolute atomic E-state index is 6.60. The van der Waals surface area contributed by atoms with Crippen LogP contribution in [0.3, 0.4) is 0 Å². The summed E-state index contributed by atoms with van der Waals surface area (Å²) in [5.41, 5.74) is 8.10. The number of ether oxygens (including phenoxy) is 1. The Morgan fingerprint density at radius 3 is 1.92 bits per heavy atom. The summed E-state index contributed by atoms with van der Waals surface area (Å²) in [6, 6.07) is 47.4. The molecule has 6 nitrogen and oxygen atoms in total. The van der Waals surface area contributed by atoms with Crippen molar-refractivity contribution in [3.63, 3.8) is 0 Å². The van der Waals surface area contributed by atoms with Crippen LogP contribution in [0.15, 0.2) is 121 Å². The first kappa shape index (κ1) is 41.8. The second-order valence-corrected chi connectivity index (χ2v) is 19.0. The van der Waals surface area contributed by atoms with Gasteiger partial charge in [-0.05, 0) is 56.7 Å². The van der Waals surface area contributed by atoms with Crippen molar-refractivity contribution in [1.29, 1.82) is 0 Å². The minimum Gasteiger partial charge on any atom is -0.510 e. The zero-order valence-electron chi connectivity index (χ0n) is 36.0. The largest absolute Gasteiger partial charge is 0.510 e. The van der Waals surface area contributed by atoms with E-state index >= 15 is 0 Å². The second kappa shape index (κ2) is 15.4. The van der Waals surface area contributed by atoms with Gasteiger partial charge in [-0.15, -0.1) is 34.8 Å². The molecule has 5 aromatic carbocycles. The number of fused-ring (bicyclic) bond motifs is 3. The van der Waals surface area contributed by atoms with Gasteiger partial charge in [0.15, 0.2) is 5.82 Å². The summed E-state index contributed by atoms with van der Waals surface area (Å²) in [5, 5.41) is 7.37. The van der Waals surface area contributed by atoms with Gasteiger partial charge in [-0.25, -0.2) is 4.98 Å². The monoisotopic (exact) mass is 958 g/mol. The van der Waals surface area contributed by atoms with Crippen LogP contribution in [0.5, 0.6) is 11.5 Å². The molecule has 0 N–H and O–H groups in total. The molecule has 0 radical (unpaired) electrons. The number of hydrogen-bond donors (Lipinski definition) is 0. The zero-order valence-corrected chi connectivity index (χ0v) is 38.3. The average Bonchev–Trinajstić information content (AvgIpc) is 3.79. The van der Waals surface area contributed by atoms with Crippen molar-refractivity contribution in [2.45, 2.75) is 97.8 Å². The van der Waals surface area contributed by atoms with Crippen molar-refractivity contribution in [3.05, 3.63) is 168 Å². The number of nitrogens with zero attached hydrogens (tertiary/aromatic N) is 5. The molecule has 0 aliphatic carbocycles. The van der Waals surface area contributed by atoms with E-state index in [0.717, 1.165) is 44.8 Å². The van der Waals surface area contributed by atoms with Crippen molar-refractivity contribution in [1.82, 2.24) is 19.2 Å². The van der Waals surface area contributed by atoms with Gasteiger partial charge in [0.1, 0.15) is 5.82 Å². The van der Waals surface area contributed by atoms with Gasteiger partial charge in [-0.2, -0.15) is 22.9 Å². The third kappa shape index (κ3) is 8.17. The minimum absolute atomic E-state index is 0. The normalized spacial score (nSPS) is 12.5. The van der Waals surface area contributed by atoms with E-state index in [1.165, 1.54) is 22.3 Å². The maximum Gasteiger partial charge on any atom is 0.271 e. The molecule has 0 aliphatic heterocycles. The Hall–Kier alpha value is -5.32. The van der Waals surface area contributed by atoms with E-state index in [-0.39, 0.29) is 42.7 Å². The molecule has 8 aromatic rings. The Morgan fingerprint density at radius 1 is 0.576 bits per heavy atom. The molecular weight excluding hydrogens is 906 g/mol. The summed E-state index contributed by atoms with van der Waals surface area (Å²) in [6.45, 7) is 24.6. The predicted molar refractivity (Wildman–Crippen MR) is 235 cm³/mol. The van der Waals surface area contributed by atoms with Crippen molar-refractivity contribution in [2.75, 3.05) is 0 Å². The fraction of sp³-hybridized carbons (Fsp3) is 0.288. The predicted octanol–water partition coefficient (Wildman–Crippen LogP) is 12.0. The van der Waals surface area contributed by atoms with E-state index in [9.17, 15) is 0 Å². The van der Waals surface area contributed by atoms with Crippen LogP contribution < -0.4 is 9.42 Å². The minimum atomic E-state index is -0.283. The number of hydrogen-bond acceptors (Lipinski definition) is 3. The molecule has 8 rings (SSSR count). The zero-order chi connectivity index (χ0) is 41.2. The van der Waals surface area contributed by atoms with Crippen LogP contribution >= 0.6 is 0 Å². The number of para-hydroxylation sites is 1. The van der Waals surface area contributed by atoms with Crippen LogP contribution in [0.4, 0.5) is 0 Å². The molecule has 0 aliphatic rings. The smallest absolute Gasteiger partial charge is 0.271 e. The van der Waals surface area contributed by atoms with Crippen molar-refractivity contribution in [2.24, 2.45) is 0 Å². The molecule has 304 valence electrons. The van der Waals surface area contributed by atoms with E-state index in [0.29, 0.717) is 11.5 Å². The van der Waals surface area contributed by atoms with E-state index in [1.54, 1.807) is 0 Å². The van der Waals surface area contributed by atoms with Crippen molar-refractivity contribution in [3.8, 4) is 28.7 Å². The molecule has 0 atom stereocenters. The SMILES string of the molecule is CC(C)(C)c1cc(-[n+]2[c-]n(-c3[c-]c(Oc4[c-]c5c(cc4)c4ccccc4n5-c4cc(C(C)(C)c5ccccc5)ccn4)ccc3)c(C(C)(C)C)n2)cc(C(C)(C)C)c1.[Pt]. The molecule has 3 heterocycles. The van der Waals surface area contributed by atoms with Crippen LogP contribution in [0.1, 0.15) is 104 Å². The first-order valence-corrected chi connectivity index (χ1v) is 20.2. The molecule has 0 unspecified atom stereocenters. The van der Waals surface area contributed by atoms with Crippen molar-refractivity contribution < 1.29 is 30.5 Å². The van der Waals surface area contributed by atoms with Crippen LogP contribution in [0.25, 0.3) is 39.0 Å². The summed E-state index contributed by atoms with van der Waals surface area (Å²) in [7, 11) is 0. The standard InChI is InChI=1S/C52H53N5O.Pt/c1-49(2,3)37-28-38(50(4,5)6)30-40(29-37)56-34-55(48(54-56)51(7,8)9)39-20-17-21-41(32-39)58-42-24-25-44-43-22-15-16-23-45(43)57(46(44)33-42)47-31-36(26-27-53-47)52(10,11)35-18-13-12-14-19-35;/h12-31H,1-11H3;/q-2;. The number of benzene rings is 5. The van der Waals surface area contributed by atoms with Gasteiger partial charge < -0.3 is 13.9 Å². The number of aromatic nitrogens is 5. The summed E-state index contributed by atoms with van der Waals surface area (Å²) >= 11 is 0. The summed E-state index contributed by atoms with van der Waals surface area (Å²) in [4.78, 5) is 4.92. The van der Waals surface area contributed by atoms with E-state index in [1.807, 2.05) is 39.7 Å². The quantitative estimate of drug-likeness (QED) is 0.118. The van der Waals surface area contributed by atoms with Gasteiger partial charge in [-0.3, -0.25) is 0 Å². The first-order valence-electron chi connectivity index (χ1n) is 20.2. The number of pyridine rings is 1. The van der Waals surface area contributed by atoms with Gasteiger partial charge in [-0.1, -0.05) is 154 Å². The van der Waals surface area contributed by atoms with E-state index < -0.39 is 0 Å². The average molecular weight is 959 g/mol. The molecule has 7 heteroatoms. The molecule has 59 heavy (non-hydrogen) atoms. The molecule has 0 saturated carbocycles.